The first-order valence-electron chi connectivity index (χ1n) is 7.01. The minimum atomic E-state index is -2.29. The Kier molecular flexibility index (Phi) is 5.56. The first kappa shape index (κ1) is 15.0. The Hall–Kier alpha value is -1.39. The molecule has 0 amide bonds. The van der Waals surface area contributed by atoms with E-state index in [0.717, 1.165) is 17.2 Å². The molecule has 3 nitrogen and oxygen atoms in total. The van der Waals surface area contributed by atoms with E-state index in [4.69, 9.17) is 8.74 Å². The first-order chi connectivity index (χ1) is 9.70. The van der Waals surface area contributed by atoms with Gasteiger partial charge in [0.05, 0.1) is 0 Å². The summed E-state index contributed by atoms with van der Waals surface area (Å²) in [6.07, 6.45) is 6.08. The summed E-state index contributed by atoms with van der Waals surface area (Å²) in [5, 5.41) is 1.91. The van der Waals surface area contributed by atoms with Crippen molar-refractivity contribution in [3.8, 4) is 5.75 Å². The smallest absolute Gasteiger partial charge is 0.357 e. The number of rotatable bonds is 7. The van der Waals surface area contributed by atoms with Gasteiger partial charge in [-0.05, 0) is 29.9 Å². The van der Waals surface area contributed by atoms with E-state index in [1.165, 1.54) is 31.2 Å². The molecule has 0 saturated carbocycles. The topological polar surface area (TPSA) is 46.5 Å². The summed E-state index contributed by atoms with van der Waals surface area (Å²) in [5.41, 5.74) is 1.30. The first-order valence-corrected chi connectivity index (χ1v) is 8.04. The van der Waals surface area contributed by atoms with Crippen molar-refractivity contribution >= 4 is 22.1 Å². The van der Waals surface area contributed by atoms with E-state index < -0.39 is 11.4 Å². The van der Waals surface area contributed by atoms with E-state index in [1.54, 1.807) is 6.07 Å². The maximum absolute atomic E-state index is 10.8. The molecule has 0 spiro atoms. The molecule has 1 atom stereocenters. The van der Waals surface area contributed by atoms with Crippen LogP contribution in [0.5, 0.6) is 5.75 Å². The Morgan fingerprint density at radius 2 is 2.00 bits per heavy atom. The molecule has 0 bridgehead atoms. The average molecular weight is 292 g/mol. The largest absolute Gasteiger partial charge is 0.379 e. The molecule has 1 N–H and O–H groups in total. The second-order valence-corrected chi connectivity index (χ2v) is 5.52. The number of benzene rings is 2. The highest BCUT2D eigenvalue weighted by Crippen LogP contribution is 2.27. The van der Waals surface area contributed by atoms with Crippen molar-refractivity contribution in [1.29, 1.82) is 0 Å². The average Bonchev–Trinajstić information content (AvgIpc) is 2.43. The molecule has 0 saturated heterocycles. The number of unbranched alkanes of at least 4 members (excludes halogenated alkanes) is 3. The summed E-state index contributed by atoms with van der Waals surface area (Å²) in [6.45, 7) is 2.21. The Morgan fingerprint density at radius 3 is 2.75 bits per heavy atom. The summed E-state index contributed by atoms with van der Waals surface area (Å²) < 4.78 is 24.5. The van der Waals surface area contributed by atoms with Crippen LogP contribution >= 0.6 is 0 Å². The van der Waals surface area contributed by atoms with Gasteiger partial charge in [-0.25, -0.2) is 0 Å². The van der Waals surface area contributed by atoms with E-state index in [-0.39, 0.29) is 0 Å². The van der Waals surface area contributed by atoms with Crippen LogP contribution in [0.3, 0.4) is 0 Å². The summed E-state index contributed by atoms with van der Waals surface area (Å²) in [4.78, 5) is 0. The normalized spacial score (nSPS) is 12.5. The lowest BCUT2D eigenvalue weighted by Crippen LogP contribution is -1.98. The van der Waals surface area contributed by atoms with Crippen molar-refractivity contribution in [1.82, 2.24) is 0 Å². The van der Waals surface area contributed by atoms with Crippen molar-refractivity contribution in [3.05, 3.63) is 42.0 Å². The van der Waals surface area contributed by atoms with E-state index in [9.17, 15) is 4.21 Å². The number of fused-ring (bicyclic) bond motifs is 1. The molecule has 0 radical (unpaired) electrons. The lowest BCUT2D eigenvalue weighted by Gasteiger charge is -2.07. The molecule has 0 fully saturated rings. The van der Waals surface area contributed by atoms with Crippen molar-refractivity contribution in [2.45, 2.75) is 39.0 Å². The fourth-order valence-electron chi connectivity index (χ4n) is 2.36. The SMILES string of the molecule is CCCCCCc1ccc2c(OS(=O)O)cccc2c1. The second-order valence-electron chi connectivity index (χ2n) is 4.92. The van der Waals surface area contributed by atoms with Gasteiger partial charge in [0.1, 0.15) is 5.75 Å². The monoisotopic (exact) mass is 292 g/mol. The molecule has 108 valence electrons. The maximum Gasteiger partial charge on any atom is 0.357 e. The van der Waals surface area contributed by atoms with Gasteiger partial charge in [0, 0.05) is 5.39 Å². The van der Waals surface area contributed by atoms with E-state index in [2.05, 4.69) is 19.1 Å². The molecule has 1 unspecified atom stereocenters. The molecule has 0 aliphatic heterocycles. The second kappa shape index (κ2) is 7.41. The number of hydrogen-bond donors (Lipinski definition) is 1. The molecule has 0 heterocycles. The van der Waals surface area contributed by atoms with Crippen molar-refractivity contribution in [2.75, 3.05) is 0 Å². The van der Waals surface area contributed by atoms with Crippen LogP contribution in [0.25, 0.3) is 10.8 Å². The Labute approximate surface area is 122 Å². The van der Waals surface area contributed by atoms with Gasteiger partial charge < -0.3 is 4.18 Å². The van der Waals surface area contributed by atoms with E-state index in [1.807, 2.05) is 18.2 Å². The molecule has 20 heavy (non-hydrogen) atoms. The van der Waals surface area contributed by atoms with Crippen molar-refractivity contribution < 1.29 is 12.9 Å². The fraction of sp³-hybridized carbons (Fsp3) is 0.375. The summed E-state index contributed by atoms with van der Waals surface area (Å²) in [5.74, 6) is 0.445. The molecule has 2 rings (SSSR count). The molecule has 4 heteroatoms. The van der Waals surface area contributed by atoms with Gasteiger partial charge in [0.15, 0.2) is 0 Å². The van der Waals surface area contributed by atoms with Crippen LogP contribution < -0.4 is 4.18 Å². The Bertz CT molecular complexity index is 595. The molecular formula is C16H20O3S. The molecule has 2 aromatic carbocycles. The fourth-order valence-corrected chi connectivity index (χ4v) is 2.66. The minimum Gasteiger partial charge on any atom is -0.379 e. The third-order valence-corrected chi connectivity index (χ3v) is 3.71. The van der Waals surface area contributed by atoms with Crippen LogP contribution in [0, 0.1) is 0 Å². The summed E-state index contributed by atoms with van der Waals surface area (Å²) in [7, 11) is 0. The van der Waals surface area contributed by atoms with Crippen LogP contribution in [0.4, 0.5) is 0 Å². The van der Waals surface area contributed by atoms with Gasteiger partial charge in [-0.1, -0.05) is 56.5 Å². The van der Waals surface area contributed by atoms with Gasteiger partial charge in [0.25, 0.3) is 0 Å². The van der Waals surface area contributed by atoms with Crippen LogP contribution in [0.15, 0.2) is 36.4 Å². The van der Waals surface area contributed by atoms with E-state index >= 15 is 0 Å². The lowest BCUT2D eigenvalue weighted by molar-refractivity contribution is 0.460. The summed E-state index contributed by atoms with van der Waals surface area (Å²) in [6, 6.07) is 11.7. The van der Waals surface area contributed by atoms with Crippen molar-refractivity contribution in [2.24, 2.45) is 0 Å². The maximum atomic E-state index is 10.8. The molecule has 0 aliphatic carbocycles. The lowest BCUT2D eigenvalue weighted by atomic mass is 10.0. The van der Waals surface area contributed by atoms with Crippen LogP contribution in [-0.2, 0) is 17.8 Å². The van der Waals surface area contributed by atoms with Gasteiger partial charge in [-0.15, -0.1) is 0 Å². The minimum absolute atomic E-state index is 0.445. The van der Waals surface area contributed by atoms with Crippen LogP contribution in [0.1, 0.15) is 38.2 Å². The Balaban J connectivity index is 2.16. The zero-order chi connectivity index (χ0) is 14.4. The van der Waals surface area contributed by atoms with E-state index in [0.29, 0.717) is 5.75 Å². The molecule has 2 aromatic rings. The van der Waals surface area contributed by atoms with Gasteiger partial charge in [-0.2, -0.15) is 4.21 Å². The number of aryl methyl sites for hydroxylation is 1. The Morgan fingerprint density at radius 1 is 1.15 bits per heavy atom. The van der Waals surface area contributed by atoms with Crippen molar-refractivity contribution in [3.63, 3.8) is 0 Å². The predicted molar refractivity (Wildman–Crippen MR) is 83.2 cm³/mol. The quantitative estimate of drug-likeness (QED) is 0.604. The highest BCUT2D eigenvalue weighted by atomic mass is 32.2. The molecular weight excluding hydrogens is 272 g/mol. The van der Waals surface area contributed by atoms with Gasteiger partial charge in [0.2, 0.25) is 0 Å². The molecule has 0 aromatic heterocycles. The molecule has 0 aliphatic rings. The van der Waals surface area contributed by atoms with Gasteiger partial charge >= 0.3 is 11.4 Å². The zero-order valence-corrected chi connectivity index (χ0v) is 12.5. The summed E-state index contributed by atoms with van der Waals surface area (Å²) >= 11 is -2.29. The standard InChI is InChI=1S/C16H20O3S/c1-2-3-4-5-7-13-10-11-15-14(12-13)8-6-9-16(15)19-20(17)18/h6,8-12H,2-5,7H2,1H3,(H,17,18). The zero-order valence-electron chi connectivity index (χ0n) is 11.7. The third kappa shape index (κ3) is 4.05. The van der Waals surface area contributed by atoms with Crippen LogP contribution in [-0.4, -0.2) is 8.76 Å². The van der Waals surface area contributed by atoms with Crippen LogP contribution in [0.2, 0.25) is 0 Å². The number of hydrogen-bond acceptors (Lipinski definition) is 2. The predicted octanol–water partition coefficient (Wildman–Crippen LogP) is 4.48. The third-order valence-electron chi connectivity index (χ3n) is 3.38. The highest BCUT2D eigenvalue weighted by Gasteiger charge is 2.05. The highest BCUT2D eigenvalue weighted by molar-refractivity contribution is 7.74. The van der Waals surface area contributed by atoms with Gasteiger partial charge in [-0.3, -0.25) is 4.55 Å².